The lowest BCUT2D eigenvalue weighted by Gasteiger charge is -2.07. The second kappa shape index (κ2) is 6.16. The maximum atomic E-state index is 12.0. The molecular formula is C13H11BrN4O2. The smallest absolute Gasteiger partial charge is 0.316 e. The molecule has 2 aromatic rings. The fourth-order valence-electron chi connectivity index (χ4n) is 1.52. The lowest BCUT2D eigenvalue weighted by molar-refractivity contribution is 0.102. The van der Waals surface area contributed by atoms with Gasteiger partial charge in [-0.15, -0.1) is 0 Å². The monoisotopic (exact) mass is 334 g/mol. The number of nitrogens with two attached hydrogens (primary N) is 1. The fraction of sp³-hybridized carbons (Fsp3) is 0. The van der Waals surface area contributed by atoms with Crippen LogP contribution in [-0.2, 0) is 0 Å². The first-order valence-corrected chi connectivity index (χ1v) is 6.43. The normalized spacial score (nSPS) is 9.85. The van der Waals surface area contributed by atoms with Gasteiger partial charge in [0.2, 0.25) is 0 Å². The highest BCUT2D eigenvalue weighted by molar-refractivity contribution is 9.10. The van der Waals surface area contributed by atoms with Crippen molar-refractivity contribution >= 4 is 39.2 Å². The molecule has 3 amide bonds. The maximum Gasteiger partial charge on any atom is 0.316 e. The number of hydrogen-bond donors (Lipinski definition) is 3. The third kappa shape index (κ3) is 3.79. The van der Waals surface area contributed by atoms with Crippen LogP contribution in [0.3, 0.4) is 0 Å². The number of carbonyl (C=O) groups excluding carboxylic acids is 2. The average molecular weight is 335 g/mol. The Morgan fingerprint density at radius 2 is 1.80 bits per heavy atom. The van der Waals surface area contributed by atoms with Crippen molar-refractivity contribution in [3.63, 3.8) is 0 Å². The van der Waals surface area contributed by atoms with E-state index in [4.69, 9.17) is 5.73 Å². The summed E-state index contributed by atoms with van der Waals surface area (Å²) in [5, 5.41) is 5.11. The van der Waals surface area contributed by atoms with Gasteiger partial charge in [-0.05, 0) is 46.3 Å². The predicted octanol–water partition coefficient (Wildman–Crippen LogP) is 2.59. The molecule has 2 rings (SSSR count). The first kappa shape index (κ1) is 14.0. The summed E-state index contributed by atoms with van der Waals surface area (Å²) in [6, 6.07) is 9.32. The van der Waals surface area contributed by atoms with Crippen molar-refractivity contribution in [2.45, 2.75) is 0 Å². The highest BCUT2D eigenvalue weighted by Gasteiger charge is 2.07. The molecule has 0 aliphatic carbocycles. The van der Waals surface area contributed by atoms with E-state index in [2.05, 4.69) is 31.5 Å². The molecule has 1 aromatic heterocycles. The minimum Gasteiger partial charge on any atom is -0.351 e. The molecule has 20 heavy (non-hydrogen) atoms. The SMILES string of the molecule is NC(=O)Nc1cccc(NC(=O)c2ccc(Br)cn2)c1. The Morgan fingerprint density at radius 1 is 1.10 bits per heavy atom. The summed E-state index contributed by atoms with van der Waals surface area (Å²) < 4.78 is 0.793. The Labute approximate surface area is 123 Å². The Kier molecular flexibility index (Phi) is 4.31. The van der Waals surface area contributed by atoms with Crippen LogP contribution in [0.4, 0.5) is 16.2 Å². The van der Waals surface area contributed by atoms with E-state index in [1.54, 1.807) is 42.6 Å². The molecular weight excluding hydrogens is 324 g/mol. The number of amides is 3. The van der Waals surface area contributed by atoms with Crippen LogP contribution in [0.2, 0.25) is 0 Å². The van der Waals surface area contributed by atoms with E-state index in [-0.39, 0.29) is 5.91 Å². The molecule has 7 heteroatoms. The number of anilines is 2. The summed E-state index contributed by atoms with van der Waals surface area (Å²) in [5.41, 5.74) is 6.35. The quantitative estimate of drug-likeness (QED) is 0.804. The first-order chi connectivity index (χ1) is 9.54. The molecule has 1 aromatic carbocycles. The summed E-state index contributed by atoms with van der Waals surface area (Å²) in [4.78, 5) is 26.7. The molecule has 0 aliphatic heterocycles. The Hall–Kier alpha value is -2.41. The zero-order valence-electron chi connectivity index (χ0n) is 10.3. The van der Waals surface area contributed by atoms with Gasteiger partial charge in [0.05, 0.1) is 0 Å². The Morgan fingerprint density at radius 3 is 2.40 bits per heavy atom. The predicted molar refractivity (Wildman–Crippen MR) is 79.5 cm³/mol. The van der Waals surface area contributed by atoms with Gasteiger partial charge in [-0.25, -0.2) is 9.78 Å². The standard InChI is InChI=1S/C13H11BrN4O2/c14-8-4-5-11(16-7-8)12(19)17-9-2-1-3-10(6-9)18-13(15)20/h1-7H,(H,17,19)(H3,15,18,20). The van der Waals surface area contributed by atoms with E-state index >= 15 is 0 Å². The minimum atomic E-state index is -0.664. The van der Waals surface area contributed by atoms with Gasteiger partial charge in [0.15, 0.2) is 0 Å². The number of nitrogens with one attached hydrogen (secondary N) is 2. The Balaban J connectivity index is 2.11. The van der Waals surface area contributed by atoms with Gasteiger partial charge < -0.3 is 16.4 Å². The number of carbonyl (C=O) groups is 2. The third-order valence-corrected chi connectivity index (χ3v) is 2.82. The number of primary amides is 1. The summed E-state index contributed by atoms with van der Waals surface area (Å²) in [7, 11) is 0. The van der Waals surface area contributed by atoms with Crippen LogP contribution < -0.4 is 16.4 Å². The van der Waals surface area contributed by atoms with Gasteiger partial charge in [0.1, 0.15) is 5.69 Å². The van der Waals surface area contributed by atoms with Crippen LogP contribution in [0.15, 0.2) is 47.1 Å². The lowest BCUT2D eigenvalue weighted by atomic mass is 10.2. The van der Waals surface area contributed by atoms with Gasteiger partial charge >= 0.3 is 6.03 Å². The average Bonchev–Trinajstić information content (AvgIpc) is 2.39. The van der Waals surface area contributed by atoms with Gasteiger partial charge in [-0.2, -0.15) is 0 Å². The van der Waals surface area contributed by atoms with Gasteiger partial charge in [0.25, 0.3) is 5.91 Å². The second-order valence-electron chi connectivity index (χ2n) is 3.89. The number of nitrogens with zero attached hydrogens (tertiary/aromatic N) is 1. The van der Waals surface area contributed by atoms with Crippen molar-refractivity contribution in [2.24, 2.45) is 5.73 Å². The van der Waals surface area contributed by atoms with Crippen molar-refractivity contribution in [2.75, 3.05) is 10.6 Å². The zero-order chi connectivity index (χ0) is 14.5. The van der Waals surface area contributed by atoms with Crippen LogP contribution in [0, 0.1) is 0 Å². The molecule has 0 bridgehead atoms. The number of rotatable bonds is 3. The molecule has 0 fully saturated rings. The fourth-order valence-corrected chi connectivity index (χ4v) is 1.76. The van der Waals surface area contributed by atoms with Crippen molar-refractivity contribution < 1.29 is 9.59 Å². The van der Waals surface area contributed by atoms with Crippen molar-refractivity contribution in [1.82, 2.24) is 4.98 Å². The van der Waals surface area contributed by atoms with Gasteiger partial charge in [-0.3, -0.25) is 4.79 Å². The van der Waals surface area contributed by atoms with E-state index in [1.807, 2.05) is 0 Å². The maximum absolute atomic E-state index is 12.0. The number of pyridine rings is 1. The molecule has 0 unspecified atom stereocenters. The summed E-state index contributed by atoms with van der Waals surface area (Å²) >= 11 is 3.25. The molecule has 0 spiro atoms. The molecule has 0 aliphatic rings. The molecule has 0 saturated carbocycles. The van der Waals surface area contributed by atoms with Crippen molar-refractivity contribution in [3.05, 3.63) is 52.8 Å². The van der Waals surface area contributed by atoms with E-state index < -0.39 is 6.03 Å². The second-order valence-corrected chi connectivity index (χ2v) is 4.80. The highest BCUT2D eigenvalue weighted by Crippen LogP contribution is 2.16. The Bertz CT molecular complexity index is 643. The van der Waals surface area contributed by atoms with Crippen molar-refractivity contribution in [1.29, 1.82) is 0 Å². The van der Waals surface area contributed by atoms with Crippen LogP contribution in [0.1, 0.15) is 10.5 Å². The van der Waals surface area contributed by atoms with Gasteiger partial charge in [0, 0.05) is 22.0 Å². The van der Waals surface area contributed by atoms with Crippen molar-refractivity contribution in [3.8, 4) is 0 Å². The number of benzene rings is 1. The minimum absolute atomic E-state index is 0.293. The molecule has 0 atom stereocenters. The van der Waals surface area contributed by atoms with Crippen LogP contribution >= 0.6 is 15.9 Å². The number of hydrogen-bond acceptors (Lipinski definition) is 3. The van der Waals surface area contributed by atoms with E-state index in [1.165, 1.54) is 0 Å². The number of halogens is 1. The highest BCUT2D eigenvalue weighted by atomic mass is 79.9. The third-order valence-electron chi connectivity index (χ3n) is 2.35. The number of aromatic nitrogens is 1. The summed E-state index contributed by atoms with van der Waals surface area (Å²) in [5.74, 6) is -0.339. The van der Waals surface area contributed by atoms with Crippen LogP contribution in [0.5, 0.6) is 0 Å². The topological polar surface area (TPSA) is 97.1 Å². The molecule has 1 heterocycles. The van der Waals surface area contributed by atoms with E-state index in [9.17, 15) is 9.59 Å². The largest absolute Gasteiger partial charge is 0.351 e. The van der Waals surface area contributed by atoms with Gasteiger partial charge in [-0.1, -0.05) is 6.07 Å². The molecule has 102 valence electrons. The molecule has 4 N–H and O–H groups in total. The van der Waals surface area contributed by atoms with Crippen LogP contribution in [-0.4, -0.2) is 16.9 Å². The summed E-state index contributed by atoms with van der Waals surface area (Å²) in [6.07, 6.45) is 1.54. The number of urea groups is 1. The lowest BCUT2D eigenvalue weighted by Crippen LogP contribution is -2.19. The molecule has 0 radical (unpaired) electrons. The van der Waals surface area contributed by atoms with Crippen LogP contribution in [0.25, 0.3) is 0 Å². The molecule has 0 saturated heterocycles. The summed E-state index contributed by atoms with van der Waals surface area (Å²) in [6.45, 7) is 0. The van der Waals surface area contributed by atoms with E-state index in [0.717, 1.165) is 4.47 Å². The molecule has 6 nitrogen and oxygen atoms in total. The van der Waals surface area contributed by atoms with E-state index in [0.29, 0.717) is 17.1 Å². The zero-order valence-corrected chi connectivity index (χ0v) is 11.8. The first-order valence-electron chi connectivity index (χ1n) is 5.64.